The topological polar surface area (TPSA) is 92.6 Å². The Hall–Kier alpha value is -2.30. The van der Waals surface area contributed by atoms with Gasteiger partial charge in [-0.2, -0.15) is 0 Å². The van der Waals surface area contributed by atoms with Crippen molar-refractivity contribution in [2.45, 2.75) is 53.3 Å². The smallest absolute Gasteiger partial charge is 0.407 e. The molecule has 3 N–H and O–H groups in total. The molecule has 31 heavy (non-hydrogen) atoms. The zero-order chi connectivity index (χ0) is 22.0. The standard InChI is InChI=1S/C22H34N6O2.HI/c1-6-23-20(25-10-11-26-21(29)30-22(3,4)5)27-15-18-8-7-9-19(14-18)16-28-13-12-24-17(28)2;/h7-9,12-14H,6,10-11,15-16H2,1-5H3,(H,26,29)(H2,23,25,27);1H. The number of nitrogens with one attached hydrogen (secondary N) is 3. The molecule has 1 heterocycles. The fourth-order valence-electron chi connectivity index (χ4n) is 2.77. The Kier molecular flexibility index (Phi) is 11.4. The first kappa shape index (κ1) is 26.7. The number of aromatic nitrogens is 2. The summed E-state index contributed by atoms with van der Waals surface area (Å²) >= 11 is 0. The molecule has 1 aromatic heterocycles. The number of imidazole rings is 1. The number of guanidine groups is 1. The number of rotatable bonds is 8. The van der Waals surface area contributed by atoms with E-state index in [1.54, 1.807) is 0 Å². The molecule has 172 valence electrons. The van der Waals surface area contributed by atoms with Crippen molar-refractivity contribution in [2.24, 2.45) is 4.99 Å². The van der Waals surface area contributed by atoms with Gasteiger partial charge in [0.15, 0.2) is 5.96 Å². The SMILES string of the molecule is CCNC(=NCc1cccc(Cn2ccnc2C)c1)NCCNC(=O)OC(C)(C)C.I. The molecule has 0 unspecified atom stereocenters. The van der Waals surface area contributed by atoms with Crippen LogP contribution >= 0.6 is 24.0 Å². The highest BCUT2D eigenvalue weighted by atomic mass is 127. The second-order valence-electron chi connectivity index (χ2n) is 7.97. The molecule has 0 aliphatic carbocycles. The van der Waals surface area contributed by atoms with Crippen molar-refractivity contribution in [3.8, 4) is 0 Å². The van der Waals surface area contributed by atoms with Gasteiger partial charge >= 0.3 is 6.09 Å². The maximum atomic E-state index is 11.7. The number of carbonyl (C=O) groups excluding carboxylic acids is 1. The van der Waals surface area contributed by atoms with Gasteiger partial charge in [-0.3, -0.25) is 0 Å². The number of hydrogen-bond donors (Lipinski definition) is 3. The fraction of sp³-hybridized carbons (Fsp3) is 0.500. The molecule has 0 bridgehead atoms. The maximum absolute atomic E-state index is 11.7. The molecular weight excluding hydrogens is 507 g/mol. The van der Waals surface area contributed by atoms with E-state index in [-0.39, 0.29) is 24.0 Å². The quantitative estimate of drug-likeness (QED) is 0.206. The molecule has 0 spiro atoms. The first-order valence-corrected chi connectivity index (χ1v) is 10.3. The zero-order valence-electron chi connectivity index (χ0n) is 19.1. The van der Waals surface area contributed by atoms with Crippen LogP contribution < -0.4 is 16.0 Å². The Morgan fingerprint density at radius 1 is 1.16 bits per heavy atom. The molecule has 0 fully saturated rings. The van der Waals surface area contributed by atoms with Crippen LogP contribution in [-0.2, 0) is 17.8 Å². The zero-order valence-corrected chi connectivity index (χ0v) is 21.4. The van der Waals surface area contributed by atoms with Crippen LogP contribution in [0.15, 0.2) is 41.7 Å². The predicted octanol–water partition coefficient (Wildman–Crippen LogP) is 3.44. The van der Waals surface area contributed by atoms with Gasteiger partial charge in [0.25, 0.3) is 0 Å². The Morgan fingerprint density at radius 3 is 2.52 bits per heavy atom. The van der Waals surface area contributed by atoms with Gasteiger partial charge in [0.2, 0.25) is 0 Å². The van der Waals surface area contributed by atoms with Crippen molar-refractivity contribution < 1.29 is 9.53 Å². The lowest BCUT2D eigenvalue weighted by atomic mass is 10.1. The number of ether oxygens (including phenoxy) is 1. The number of aliphatic imine (C=N–C) groups is 1. The molecule has 0 saturated heterocycles. The summed E-state index contributed by atoms with van der Waals surface area (Å²) in [6.45, 7) is 12.6. The molecule has 9 heteroatoms. The molecular formula is C22H35IN6O2. The summed E-state index contributed by atoms with van der Waals surface area (Å²) in [6, 6.07) is 8.40. The minimum absolute atomic E-state index is 0. The van der Waals surface area contributed by atoms with Crippen LogP contribution in [0.25, 0.3) is 0 Å². The Morgan fingerprint density at radius 2 is 1.87 bits per heavy atom. The van der Waals surface area contributed by atoms with E-state index in [4.69, 9.17) is 4.74 Å². The Labute approximate surface area is 202 Å². The van der Waals surface area contributed by atoms with Gasteiger partial charge in [0.1, 0.15) is 11.4 Å². The molecule has 8 nitrogen and oxygen atoms in total. The van der Waals surface area contributed by atoms with Crippen molar-refractivity contribution in [3.05, 3.63) is 53.6 Å². The number of amides is 1. The van der Waals surface area contributed by atoms with E-state index in [1.165, 1.54) is 5.56 Å². The molecule has 2 rings (SSSR count). The van der Waals surface area contributed by atoms with Gasteiger partial charge in [-0.05, 0) is 45.7 Å². The highest BCUT2D eigenvalue weighted by Gasteiger charge is 2.15. The third-order valence-electron chi connectivity index (χ3n) is 4.12. The van der Waals surface area contributed by atoms with Crippen LogP contribution in [0.2, 0.25) is 0 Å². The van der Waals surface area contributed by atoms with Crippen molar-refractivity contribution in [2.75, 3.05) is 19.6 Å². The fourth-order valence-corrected chi connectivity index (χ4v) is 2.77. The van der Waals surface area contributed by atoms with Gasteiger partial charge in [0.05, 0.1) is 6.54 Å². The van der Waals surface area contributed by atoms with Crippen LogP contribution in [0.5, 0.6) is 0 Å². The lowest BCUT2D eigenvalue weighted by Gasteiger charge is -2.19. The van der Waals surface area contributed by atoms with Gasteiger partial charge < -0.3 is 25.3 Å². The van der Waals surface area contributed by atoms with E-state index in [9.17, 15) is 4.79 Å². The van der Waals surface area contributed by atoms with E-state index in [0.717, 1.165) is 24.5 Å². The number of alkyl carbamates (subject to hydrolysis) is 1. The molecule has 0 radical (unpaired) electrons. The second kappa shape index (κ2) is 13.2. The van der Waals surface area contributed by atoms with Gasteiger partial charge in [-0.1, -0.05) is 24.3 Å². The number of hydrogen-bond acceptors (Lipinski definition) is 4. The number of nitrogens with zero attached hydrogens (tertiary/aromatic N) is 3. The molecule has 0 atom stereocenters. The first-order chi connectivity index (χ1) is 14.3. The van der Waals surface area contributed by atoms with E-state index in [0.29, 0.717) is 25.6 Å². The van der Waals surface area contributed by atoms with Gasteiger partial charge in [-0.15, -0.1) is 24.0 Å². The van der Waals surface area contributed by atoms with Crippen LogP contribution in [0.3, 0.4) is 0 Å². The third kappa shape index (κ3) is 10.5. The van der Waals surface area contributed by atoms with Crippen LogP contribution in [0.4, 0.5) is 4.79 Å². The van der Waals surface area contributed by atoms with Crippen LogP contribution in [0, 0.1) is 6.92 Å². The normalized spacial score (nSPS) is 11.5. The predicted molar refractivity (Wildman–Crippen MR) is 135 cm³/mol. The summed E-state index contributed by atoms with van der Waals surface area (Å²) in [6.07, 6.45) is 3.38. The van der Waals surface area contributed by atoms with Crippen LogP contribution in [0.1, 0.15) is 44.6 Å². The Balaban J connectivity index is 0.00000480. The lowest BCUT2D eigenvalue weighted by Crippen LogP contribution is -2.42. The maximum Gasteiger partial charge on any atom is 0.407 e. The summed E-state index contributed by atoms with van der Waals surface area (Å²) in [5.74, 6) is 1.70. The van der Waals surface area contributed by atoms with Crippen molar-refractivity contribution in [1.29, 1.82) is 0 Å². The Bertz CT molecular complexity index is 845. The molecule has 1 amide bonds. The number of carbonyl (C=O) groups is 1. The molecule has 0 aliphatic rings. The number of halogens is 1. The molecule has 0 saturated carbocycles. The number of benzene rings is 1. The minimum atomic E-state index is -0.501. The van der Waals surface area contributed by atoms with Crippen molar-refractivity contribution >= 4 is 36.0 Å². The summed E-state index contributed by atoms with van der Waals surface area (Å²) in [4.78, 5) is 20.6. The van der Waals surface area contributed by atoms with E-state index >= 15 is 0 Å². The van der Waals surface area contributed by atoms with Gasteiger partial charge in [-0.25, -0.2) is 14.8 Å². The van der Waals surface area contributed by atoms with Gasteiger partial charge in [0, 0.05) is 38.6 Å². The van der Waals surface area contributed by atoms with E-state index in [2.05, 4.69) is 54.8 Å². The minimum Gasteiger partial charge on any atom is -0.444 e. The van der Waals surface area contributed by atoms with E-state index in [1.807, 2.05) is 47.0 Å². The number of aryl methyl sites for hydroxylation is 1. The monoisotopic (exact) mass is 542 g/mol. The largest absolute Gasteiger partial charge is 0.444 e. The first-order valence-electron chi connectivity index (χ1n) is 10.3. The van der Waals surface area contributed by atoms with Crippen LogP contribution in [-0.4, -0.2) is 46.8 Å². The third-order valence-corrected chi connectivity index (χ3v) is 4.12. The second-order valence-corrected chi connectivity index (χ2v) is 7.97. The van der Waals surface area contributed by atoms with E-state index < -0.39 is 11.7 Å². The highest BCUT2D eigenvalue weighted by molar-refractivity contribution is 14.0. The van der Waals surface area contributed by atoms with Crippen molar-refractivity contribution in [1.82, 2.24) is 25.5 Å². The lowest BCUT2D eigenvalue weighted by molar-refractivity contribution is 0.0529. The summed E-state index contributed by atoms with van der Waals surface area (Å²) in [7, 11) is 0. The summed E-state index contributed by atoms with van der Waals surface area (Å²) in [5, 5.41) is 9.17. The average Bonchev–Trinajstić information content (AvgIpc) is 3.06. The molecule has 2 aromatic rings. The molecule has 1 aromatic carbocycles. The summed E-state index contributed by atoms with van der Waals surface area (Å²) < 4.78 is 7.34. The van der Waals surface area contributed by atoms with Crippen molar-refractivity contribution in [3.63, 3.8) is 0 Å². The highest BCUT2D eigenvalue weighted by Crippen LogP contribution is 2.10. The molecule has 0 aliphatic heterocycles. The summed E-state index contributed by atoms with van der Waals surface area (Å²) in [5.41, 5.74) is 1.84. The average molecular weight is 542 g/mol.